The van der Waals surface area contributed by atoms with Crippen LogP contribution in [0, 0.1) is 0 Å². The van der Waals surface area contributed by atoms with Crippen molar-refractivity contribution in [1.29, 1.82) is 0 Å². The molecule has 4 nitrogen and oxygen atoms in total. The lowest BCUT2D eigenvalue weighted by atomic mass is 9.99. The van der Waals surface area contributed by atoms with E-state index >= 15 is 0 Å². The number of aromatic nitrogens is 1. The van der Waals surface area contributed by atoms with Crippen LogP contribution in [0.15, 0.2) is 24.4 Å². The number of carbonyl (C=O) groups excluding carboxylic acids is 1. The van der Waals surface area contributed by atoms with Gasteiger partial charge in [-0.05, 0) is 44.7 Å². The monoisotopic (exact) mass is 289 g/mol. The molecule has 1 amide bonds. The van der Waals surface area contributed by atoms with Crippen LogP contribution in [-0.2, 0) is 11.2 Å². The van der Waals surface area contributed by atoms with E-state index < -0.39 is 0 Å². The summed E-state index contributed by atoms with van der Waals surface area (Å²) in [6.45, 7) is 5.86. The molecule has 2 heterocycles. The number of nitrogens with zero attached hydrogens (tertiary/aromatic N) is 2. The van der Waals surface area contributed by atoms with Crippen molar-refractivity contribution in [1.82, 2.24) is 15.2 Å². The highest BCUT2D eigenvalue weighted by molar-refractivity contribution is 5.81. The highest BCUT2D eigenvalue weighted by Crippen LogP contribution is 2.20. The minimum atomic E-state index is -0.110. The van der Waals surface area contributed by atoms with E-state index in [2.05, 4.69) is 22.1 Å². The molecule has 0 saturated carbocycles. The summed E-state index contributed by atoms with van der Waals surface area (Å²) in [5, 5.41) is 3.34. The molecule has 2 atom stereocenters. The lowest BCUT2D eigenvalue weighted by Crippen LogP contribution is -2.51. The average molecular weight is 289 g/mol. The van der Waals surface area contributed by atoms with E-state index in [1.807, 2.05) is 31.3 Å². The van der Waals surface area contributed by atoms with Crippen molar-refractivity contribution in [3.63, 3.8) is 0 Å². The smallest absolute Gasteiger partial charge is 0.239 e. The van der Waals surface area contributed by atoms with Gasteiger partial charge in [0.25, 0.3) is 0 Å². The fourth-order valence-electron chi connectivity index (χ4n) is 3.01. The predicted octanol–water partition coefficient (Wildman–Crippen LogP) is 2.39. The Bertz CT molecular complexity index is 435. The molecule has 1 aromatic rings. The summed E-state index contributed by atoms with van der Waals surface area (Å²) >= 11 is 0. The van der Waals surface area contributed by atoms with Gasteiger partial charge in [-0.1, -0.05) is 13.0 Å². The number of carbonyl (C=O) groups is 1. The molecule has 1 N–H and O–H groups in total. The number of pyridine rings is 1. The molecule has 1 fully saturated rings. The molecular weight excluding hydrogens is 262 g/mol. The Balaban J connectivity index is 1.79. The second-order valence-electron chi connectivity index (χ2n) is 5.84. The number of rotatable bonds is 6. The summed E-state index contributed by atoms with van der Waals surface area (Å²) in [6.07, 6.45) is 7.28. The first-order valence-electron chi connectivity index (χ1n) is 8.16. The zero-order valence-corrected chi connectivity index (χ0v) is 13.2. The Kier molecular flexibility index (Phi) is 6.18. The normalized spacial score (nSPS) is 20.3. The Morgan fingerprint density at radius 2 is 2.33 bits per heavy atom. The molecule has 2 rings (SSSR count). The summed E-state index contributed by atoms with van der Waals surface area (Å²) in [5.41, 5.74) is 1.06. The molecule has 0 unspecified atom stereocenters. The Hall–Kier alpha value is -1.42. The molecule has 1 aliphatic heterocycles. The molecule has 21 heavy (non-hydrogen) atoms. The molecule has 1 aromatic heterocycles. The highest BCUT2D eigenvalue weighted by Gasteiger charge is 2.28. The van der Waals surface area contributed by atoms with E-state index in [-0.39, 0.29) is 11.9 Å². The van der Waals surface area contributed by atoms with Crippen LogP contribution in [0.25, 0.3) is 0 Å². The number of hydrogen-bond acceptors (Lipinski definition) is 3. The van der Waals surface area contributed by atoms with Gasteiger partial charge in [0.1, 0.15) is 0 Å². The number of piperidine rings is 1. The van der Waals surface area contributed by atoms with Gasteiger partial charge in [0, 0.05) is 37.4 Å². The van der Waals surface area contributed by atoms with Crippen molar-refractivity contribution in [2.75, 3.05) is 13.1 Å². The molecule has 0 bridgehead atoms. The summed E-state index contributed by atoms with van der Waals surface area (Å²) in [7, 11) is 0. The van der Waals surface area contributed by atoms with E-state index in [4.69, 9.17) is 0 Å². The van der Waals surface area contributed by atoms with E-state index in [0.717, 1.165) is 44.5 Å². The quantitative estimate of drug-likeness (QED) is 0.874. The maximum Gasteiger partial charge on any atom is 0.239 e. The summed E-state index contributed by atoms with van der Waals surface area (Å²) < 4.78 is 0. The number of nitrogens with one attached hydrogen (secondary N) is 1. The van der Waals surface area contributed by atoms with Gasteiger partial charge in [0.05, 0.1) is 6.04 Å². The predicted molar refractivity (Wildman–Crippen MR) is 85.0 cm³/mol. The molecule has 0 aliphatic carbocycles. The third-order valence-electron chi connectivity index (χ3n) is 4.31. The molecule has 0 radical (unpaired) electrons. The maximum atomic E-state index is 12.6. The van der Waals surface area contributed by atoms with Crippen LogP contribution < -0.4 is 5.32 Å². The standard InChI is InChI=1S/C17H27N3O/c1-3-16-9-5-7-13-20(16)17(21)14(2)18-12-10-15-8-4-6-11-19-15/h4,6,8,11,14,16,18H,3,5,7,9-10,12-13H2,1-2H3/t14-,16-/m0/s1. The van der Waals surface area contributed by atoms with Crippen molar-refractivity contribution >= 4 is 5.91 Å². The lowest BCUT2D eigenvalue weighted by molar-refractivity contribution is -0.136. The number of hydrogen-bond donors (Lipinski definition) is 1. The van der Waals surface area contributed by atoms with Gasteiger partial charge in [0.15, 0.2) is 0 Å². The van der Waals surface area contributed by atoms with E-state index in [0.29, 0.717) is 6.04 Å². The second-order valence-corrected chi connectivity index (χ2v) is 5.84. The Morgan fingerprint density at radius 3 is 3.05 bits per heavy atom. The molecule has 1 saturated heterocycles. The minimum Gasteiger partial charge on any atom is -0.338 e. The van der Waals surface area contributed by atoms with Crippen LogP contribution in [0.1, 0.15) is 45.2 Å². The van der Waals surface area contributed by atoms with Gasteiger partial charge in [-0.15, -0.1) is 0 Å². The lowest BCUT2D eigenvalue weighted by Gasteiger charge is -2.37. The van der Waals surface area contributed by atoms with E-state index in [1.54, 1.807) is 0 Å². The molecule has 1 aliphatic rings. The SMILES string of the molecule is CC[C@H]1CCCCN1C(=O)[C@H](C)NCCc1ccccn1. The Labute approximate surface area is 127 Å². The average Bonchev–Trinajstić information content (AvgIpc) is 2.55. The highest BCUT2D eigenvalue weighted by atomic mass is 16.2. The molecule has 0 spiro atoms. The molecule has 116 valence electrons. The zero-order chi connectivity index (χ0) is 15.1. The Morgan fingerprint density at radius 1 is 1.48 bits per heavy atom. The molecular formula is C17H27N3O. The van der Waals surface area contributed by atoms with Crippen LogP contribution >= 0.6 is 0 Å². The van der Waals surface area contributed by atoms with Crippen LogP contribution in [0.3, 0.4) is 0 Å². The van der Waals surface area contributed by atoms with Crippen molar-refractivity contribution < 1.29 is 4.79 Å². The third kappa shape index (κ3) is 4.53. The van der Waals surface area contributed by atoms with Gasteiger partial charge in [-0.25, -0.2) is 0 Å². The van der Waals surface area contributed by atoms with Gasteiger partial charge in [0.2, 0.25) is 5.91 Å². The first kappa shape index (κ1) is 16.0. The van der Waals surface area contributed by atoms with Crippen molar-refractivity contribution in [2.45, 2.75) is 58.0 Å². The van der Waals surface area contributed by atoms with Crippen LogP contribution in [0.2, 0.25) is 0 Å². The first-order chi connectivity index (χ1) is 10.2. The number of likely N-dealkylation sites (tertiary alicyclic amines) is 1. The second kappa shape index (κ2) is 8.13. The van der Waals surface area contributed by atoms with Crippen molar-refractivity contribution in [3.05, 3.63) is 30.1 Å². The van der Waals surface area contributed by atoms with E-state index in [9.17, 15) is 4.79 Å². The van der Waals surface area contributed by atoms with E-state index in [1.165, 1.54) is 6.42 Å². The van der Waals surface area contributed by atoms with Gasteiger partial charge >= 0.3 is 0 Å². The number of amides is 1. The van der Waals surface area contributed by atoms with Crippen LogP contribution in [-0.4, -0.2) is 41.0 Å². The summed E-state index contributed by atoms with van der Waals surface area (Å²) in [5.74, 6) is 0.252. The molecule has 0 aromatic carbocycles. The van der Waals surface area contributed by atoms with Gasteiger partial charge in [-0.2, -0.15) is 0 Å². The largest absolute Gasteiger partial charge is 0.338 e. The summed E-state index contributed by atoms with van der Waals surface area (Å²) in [6, 6.07) is 6.26. The minimum absolute atomic E-state index is 0.110. The fourth-order valence-corrected chi connectivity index (χ4v) is 3.01. The van der Waals surface area contributed by atoms with Crippen LogP contribution in [0.4, 0.5) is 0 Å². The van der Waals surface area contributed by atoms with Gasteiger partial charge < -0.3 is 10.2 Å². The van der Waals surface area contributed by atoms with Gasteiger partial charge in [-0.3, -0.25) is 9.78 Å². The van der Waals surface area contributed by atoms with Crippen molar-refractivity contribution in [2.24, 2.45) is 0 Å². The fraction of sp³-hybridized carbons (Fsp3) is 0.647. The first-order valence-corrected chi connectivity index (χ1v) is 8.16. The third-order valence-corrected chi connectivity index (χ3v) is 4.31. The zero-order valence-electron chi connectivity index (χ0n) is 13.2. The van der Waals surface area contributed by atoms with Crippen molar-refractivity contribution in [3.8, 4) is 0 Å². The van der Waals surface area contributed by atoms with Crippen LogP contribution in [0.5, 0.6) is 0 Å². The molecule has 4 heteroatoms. The maximum absolute atomic E-state index is 12.6. The summed E-state index contributed by atoms with van der Waals surface area (Å²) in [4.78, 5) is 18.9. The topological polar surface area (TPSA) is 45.2 Å².